The molecular formula is C13H17N3O2. The van der Waals surface area contributed by atoms with E-state index in [2.05, 4.69) is 16.0 Å². The van der Waals surface area contributed by atoms with E-state index in [1.807, 2.05) is 0 Å². The van der Waals surface area contributed by atoms with Crippen molar-refractivity contribution in [2.75, 3.05) is 17.2 Å². The van der Waals surface area contributed by atoms with Crippen molar-refractivity contribution in [1.82, 2.24) is 5.32 Å². The van der Waals surface area contributed by atoms with E-state index in [-0.39, 0.29) is 11.9 Å². The molecule has 5 nitrogen and oxygen atoms in total. The number of carbonyl (C=O) groups excluding carboxylic acids is 2. The Labute approximate surface area is 106 Å². The largest absolute Gasteiger partial charge is 0.338 e. The minimum atomic E-state index is -0.207. The summed E-state index contributed by atoms with van der Waals surface area (Å²) in [6, 6.07) is 6.85. The molecule has 1 aromatic rings. The van der Waals surface area contributed by atoms with E-state index in [0.29, 0.717) is 17.3 Å². The molecule has 96 valence electrons. The molecule has 0 unspecified atom stereocenters. The lowest BCUT2D eigenvalue weighted by atomic mass is 10.2. The first-order chi connectivity index (χ1) is 8.63. The first kappa shape index (κ1) is 12.4. The molecule has 0 bridgehead atoms. The van der Waals surface area contributed by atoms with Crippen LogP contribution in [0.3, 0.4) is 0 Å². The van der Waals surface area contributed by atoms with Crippen LogP contribution >= 0.6 is 0 Å². The van der Waals surface area contributed by atoms with E-state index in [9.17, 15) is 9.59 Å². The van der Waals surface area contributed by atoms with Crippen molar-refractivity contribution in [2.24, 2.45) is 5.92 Å². The third kappa shape index (κ3) is 4.08. The van der Waals surface area contributed by atoms with E-state index in [1.54, 1.807) is 24.3 Å². The fourth-order valence-electron chi connectivity index (χ4n) is 1.61. The Hall–Kier alpha value is -2.04. The van der Waals surface area contributed by atoms with Crippen molar-refractivity contribution in [2.45, 2.75) is 19.8 Å². The maximum Gasteiger partial charge on any atom is 0.319 e. The highest BCUT2D eigenvalue weighted by Crippen LogP contribution is 2.27. The van der Waals surface area contributed by atoms with Gasteiger partial charge in [-0.3, -0.25) is 4.79 Å². The van der Waals surface area contributed by atoms with Crippen molar-refractivity contribution in [1.29, 1.82) is 0 Å². The third-order valence-electron chi connectivity index (χ3n) is 2.69. The van der Waals surface area contributed by atoms with Gasteiger partial charge in [-0.25, -0.2) is 4.79 Å². The molecule has 1 fully saturated rings. The second-order valence-electron chi connectivity index (χ2n) is 4.54. The smallest absolute Gasteiger partial charge is 0.319 e. The molecule has 0 spiro atoms. The highest BCUT2D eigenvalue weighted by atomic mass is 16.2. The topological polar surface area (TPSA) is 70.2 Å². The fourth-order valence-corrected chi connectivity index (χ4v) is 1.61. The number of hydrogen-bond acceptors (Lipinski definition) is 2. The normalized spacial score (nSPS) is 13.8. The van der Waals surface area contributed by atoms with Crippen LogP contribution in [0.25, 0.3) is 0 Å². The number of rotatable bonds is 4. The van der Waals surface area contributed by atoms with Crippen LogP contribution in [0.5, 0.6) is 0 Å². The highest BCUT2D eigenvalue weighted by Gasteiger charge is 2.21. The van der Waals surface area contributed by atoms with Gasteiger partial charge in [-0.1, -0.05) is 6.07 Å². The maximum absolute atomic E-state index is 11.6. The minimum absolute atomic E-state index is 0.134. The van der Waals surface area contributed by atoms with Crippen LogP contribution < -0.4 is 16.0 Å². The Bertz CT molecular complexity index is 455. The second kappa shape index (κ2) is 5.53. The molecule has 0 atom stereocenters. The van der Waals surface area contributed by atoms with Gasteiger partial charge in [-0.2, -0.15) is 0 Å². The summed E-state index contributed by atoms with van der Waals surface area (Å²) in [5.41, 5.74) is 1.33. The number of anilines is 2. The molecule has 2 rings (SSSR count). The SMILES string of the molecule is CC(=O)Nc1cccc(NC(=O)NCC2CC2)c1. The van der Waals surface area contributed by atoms with Crippen LogP contribution in [0.2, 0.25) is 0 Å². The molecule has 0 radical (unpaired) electrons. The van der Waals surface area contributed by atoms with Gasteiger partial charge in [0.05, 0.1) is 0 Å². The van der Waals surface area contributed by atoms with E-state index < -0.39 is 0 Å². The van der Waals surface area contributed by atoms with Crippen molar-refractivity contribution in [3.05, 3.63) is 24.3 Å². The zero-order valence-corrected chi connectivity index (χ0v) is 10.3. The Balaban J connectivity index is 1.86. The Morgan fingerprint density at radius 2 is 1.89 bits per heavy atom. The van der Waals surface area contributed by atoms with Gasteiger partial charge >= 0.3 is 6.03 Å². The molecule has 3 N–H and O–H groups in total. The van der Waals surface area contributed by atoms with E-state index >= 15 is 0 Å². The average Bonchev–Trinajstić information content (AvgIpc) is 3.09. The first-order valence-corrected chi connectivity index (χ1v) is 6.06. The van der Waals surface area contributed by atoms with Gasteiger partial charge in [0, 0.05) is 24.8 Å². The summed E-state index contributed by atoms with van der Waals surface area (Å²) in [4.78, 5) is 22.5. The molecule has 18 heavy (non-hydrogen) atoms. The van der Waals surface area contributed by atoms with Crippen molar-refractivity contribution in [3.63, 3.8) is 0 Å². The van der Waals surface area contributed by atoms with Crippen molar-refractivity contribution >= 4 is 23.3 Å². The van der Waals surface area contributed by atoms with Gasteiger partial charge in [0.2, 0.25) is 5.91 Å². The molecule has 0 heterocycles. The van der Waals surface area contributed by atoms with Gasteiger partial charge in [0.1, 0.15) is 0 Å². The molecule has 0 aromatic heterocycles. The maximum atomic E-state index is 11.6. The number of hydrogen-bond donors (Lipinski definition) is 3. The molecule has 1 aromatic carbocycles. The van der Waals surface area contributed by atoms with Gasteiger partial charge in [-0.15, -0.1) is 0 Å². The van der Waals surface area contributed by atoms with Crippen molar-refractivity contribution in [3.8, 4) is 0 Å². The van der Waals surface area contributed by atoms with Gasteiger partial charge in [0.25, 0.3) is 0 Å². The average molecular weight is 247 g/mol. The quantitative estimate of drug-likeness (QED) is 0.763. The van der Waals surface area contributed by atoms with Crippen molar-refractivity contribution < 1.29 is 9.59 Å². The molecule has 1 aliphatic rings. The zero-order valence-electron chi connectivity index (χ0n) is 10.3. The van der Waals surface area contributed by atoms with Gasteiger partial charge in [0.15, 0.2) is 0 Å². The lowest BCUT2D eigenvalue weighted by molar-refractivity contribution is -0.114. The predicted molar refractivity (Wildman–Crippen MR) is 70.5 cm³/mol. The van der Waals surface area contributed by atoms with Crippen LogP contribution in [0.4, 0.5) is 16.2 Å². The summed E-state index contributed by atoms with van der Waals surface area (Å²) in [5, 5.41) is 8.22. The van der Waals surface area contributed by atoms with Crippen LogP contribution in [0.15, 0.2) is 24.3 Å². The zero-order chi connectivity index (χ0) is 13.0. The highest BCUT2D eigenvalue weighted by molar-refractivity contribution is 5.92. The number of carbonyl (C=O) groups is 2. The number of urea groups is 1. The van der Waals surface area contributed by atoms with Crippen LogP contribution in [-0.4, -0.2) is 18.5 Å². The lowest BCUT2D eigenvalue weighted by Gasteiger charge is -2.08. The molecule has 5 heteroatoms. The number of nitrogens with one attached hydrogen (secondary N) is 3. The van der Waals surface area contributed by atoms with Crippen LogP contribution in [-0.2, 0) is 4.79 Å². The third-order valence-corrected chi connectivity index (χ3v) is 2.69. The number of amides is 3. The molecule has 1 saturated carbocycles. The summed E-state index contributed by atoms with van der Waals surface area (Å²) in [6.45, 7) is 2.18. The second-order valence-corrected chi connectivity index (χ2v) is 4.54. The fraction of sp³-hybridized carbons (Fsp3) is 0.385. The Kier molecular flexibility index (Phi) is 3.82. The minimum Gasteiger partial charge on any atom is -0.338 e. The van der Waals surface area contributed by atoms with Gasteiger partial charge < -0.3 is 16.0 Å². The van der Waals surface area contributed by atoms with Crippen LogP contribution in [0.1, 0.15) is 19.8 Å². The number of benzene rings is 1. The Morgan fingerprint density at radius 1 is 1.22 bits per heavy atom. The summed E-state index contributed by atoms with van der Waals surface area (Å²) >= 11 is 0. The molecule has 1 aliphatic carbocycles. The molecular weight excluding hydrogens is 230 g/mol. The summed E-state index contributed by atoms with van der Waals surface area (Å²) in [6.07, 6.45) is 2.41. The monoisotopic (exact) mass is 247 g/mol. The predicted octanol–water partition coefficient (Wildman–Crippen LogP) is 2.18. The summed E-state index contributed by atoms with van der Waals surface area (Å²) in [5.74, 6) is 0.520. The summed E-state index contributed by atoms with van der Waals surface area (Å²) in [7, 11) is 0. The van der Waals surface area contributed by atoms with Gasteiger partial charge in [-0.05, 0) is 37.0 Å². The van der Waals surface area contributed by atoms with E-state index in [0.717, 1.165) is 6.54 Å². The van der Waals surface area contributed by atoms with E-state index in [1.165, 1.54) is 19.8 Å². The molecule has 0 saturated heterocycles. The first-order valence-electron chi connectivity index (χ1n) is 6.06. The van der Waals surface area contributed by atoms with Crippen LogP contribution in [0, 0.1) is 5.92 Å². The van der Waals surface area contributed by atoms with E-state index in [4.69, 9.17) is 0 Å². The standard InChI is InChI=1S/C13H17N3O2/c1-9(17)15-11-3-2-4-12(7-11)16-13(18)14-8-10-5-6-10/h2-4,7,10H,5-6,8H2,1H3,(H,15,17)(H2,14,16,18). The molecule has 0 aliphatic heterocycles. The molecule has 3 amide bonds. The Morgan fingerprint density at radius 3 is 2.50 bits per heavy atom. The summed E-state index contributed by atoms with van der Waals surface area (Å²) < 4.78 is 0. The lowest BCUT2D eigenvalue weighted by Crippen LogP contribution is -2.30.